The maximum atomic E-state index is 13.8. The lowest BCUT2D eigenvalue weighted by molar-refractivity contribution is 0.0745. The number of benzene rings is 1. The molecule has 0 radical (unpaired) electrons. The van der Waals surface area contributed by atoms with Gasteiger partial charge in [0, 0.05) is 69.0 Å². The van der Waals surface area contributed by atoms with Gasteiger partial charge in [-0.2, -0.15) is 0 Å². The van der Waals surface area contributed by atoms with Gasteiger partial charge in [-0.05, 0) is 81.0 Å². The van der Waals surface area contributed by atoms with Crippen LogP contribution in [0.25, 0.3) is 0 Å². The zero-order valence-corrected chi connectivity index (χ0v) is 24.3. The fourth-order valence-electron chi connectivity index (χ4n) is 6.08. The normalized spacial score (nSPS) is 16.5. The van der Waals surface area contributed by atoms with Crippen molar-refractivity contribution in [3.63, 3.8) is 0 Å². The molecule has 2 aliphatic rings. The smallest absolute Gasteiger partial charge is 0.254 e. The summed E-state index contributed by atoms with van der Waals surface area (Å²) in [4.78, 5) is 29.5. The molecule has 0 unspecified atom stereocenters. The standard InChI is InChI=1S/C31H39ClN6O/c1-5-26-27(9-7-12-33-26)36-16-18-38(19-17-36)31(39)28-21(2)20-22(3)29(23(28)4)35-24-10-14-37(15-11-24)30-25(32)8-6-13-34-30/h6-9,12-13,20,24,35H,5,10-11,14-19H2,1-4H3. The fourth-order valence-corrected chi connectivity index (χ4v) is 6.33. The van der Waals surface area contributed by atoms with Crippen molar-refractivity contribution in [3.8, 4) is 0 Å². The maximum absolute atomic E-state index is 13.8. The van der Waals surface area contributed by atoms with Crippen molar-refractivity contribution in [2.45, 2.75) is 53.0 Å². The minimum absolute atomic E-state index is 0.134. The Bertz CT molecular complexity index is 1330. The number of rotatable bonds is 6. The van der Waals surface area contributed by atoms with Gasteiger partial charge in [-0.15, -0.1) is 0 Å². The number of carbonyl (C=O) groups excluding carboxylic acids is 1. The molecule has 7 nitrogen and oxygen atoms in total. The second-order valence-electron chi connectivity index (χ2n) is 10.7. The number of piperazine rings is 1. The van der Waals surface area contributed by atoms with Crippen LogP contribution in [-0.4, -0.2) is 66.1 Å². The van der Waals surface area contributed by atoms with E-state index in [4.69, 9.17) is 11.6 Å². The predicted molar refractivity (Wildman–Crippen MR) is 160 cm³/mol. The van der Waals surface area contributed by atoms with Crippen LogP contribution < -0.4 is 15.1 Å². The van der Waals surface area contributed by atoms with Crippen LogP contribution in [0.3, 0.4) is 0 Å². The molecule has 1 amide bonds. The molecule has 206 valence electrons. The van der Waals surface area contributed by atoms with Crippen molar-refractivity contribution in [1.82, 2.24) is 14.9 Å². The third kappa shape index (κ3) is 5.69. The summed E-state index contributed by atoms with van der Waals surface area (Å²) in [6, 6.07) is 10.4. The molecule has 0 aliphatic carbocycles. The number of hydrogen-bond acceptors (Lipinski definition) is 6. The fraction of sp³-hybridized carbons (Fsp3) is 0.452. The minimum Gasteiger partial charge on any atom is -0.382 e. The summed E-state index contributed by atoms with van der Waals surface area (Å²) >= 11 is 6.38. The lowest BCUT2D eigenvalue weighted by Gasteiger charge is -2.37. The van der Waals surface area contributed by atoms with E-state index in [9.17, 15) is 4.79 Å². The molecule has 2 aromatic heterocycles. The van der Waals surface area contributed by atoms with E-state index >= 15 is 0 Å². The van der Waals surface area contributed by atoms with Gasteiger partial charge in [-0.25, -0.2) is 4.98 Å². The van der Waals surface area contributed by atoms with E-state index in [1.165, 1.54) is 11.3 Å². The van der Waals surface area contributed by atoms with Gasteiger partial charge in [0.2, 0.25) is 0 Å². The van der Waals surface area contributed by atoms with Gasteiger partial charge in [0.05, 0.1) is 16.4 Å². The van der Waals surface area contributed by atoms with Gasteiger partial charge < -0.3 is 20.0 Å². The number of nitrogens with zero attached hydrogens (tertiary/aromatic N) is 5. The van der Waals surface area contributed by atoms with Gasteiger partial charge in [0.25, 0.3) is 5.91 Å². The molecule has 1 aromatic carbocycles. The predicted octanol–water partition coefficient (Wildman–Crippen LogP) is 5.66. The first-order valence-corrected chi connectivity index (χ1v) is 14.5. The summed E-state index contributed by atoms with van der Waals surface area (Å²) in [5, 5.41) is 4.50. The molecular formula is C31H39ClN6O. The quantitative estimate of drug-likeness (QED) is 0.430. The third-order valence-electron chi connectivity index (χ3n) is 8.18. The van der Waals surface area contributed by atoms with Crippen LogP contribution in [0.2, 0.25) is 5.02 Å². The van der Waals surface area contributed by atoms with E-state index in [2.05, 4.69) is 64.9 Å². The van der Waals surface area contributed by atoms with Crippen molar-refractivity contribution in [2.75, 3.05) is 54.4 Å². The zero-order chi connectivity index (χ0) is 27.5. The third-order valence-corrected chi connectivity index (χ3v) is 8.47. The summed E-state index contributed by atoms with van der Waals surface area (Å²) in [7, 11) is 0. The Hall–Kier alpha value is -3.32. The largest absolute Gasteiger partial charge is 0.382 e. The lowest BCUT2D eigenvalue weighted by Crippen LogP contribution is -2.49. The first-order valence-electron chi connectivity index (χ1n) is 14.1. The van der Waals surface area contributed by atoms with E-state index in [0.717, 1.165) is 79.3 Å². The molecule has 3 aromatic rings. The molecule has 4 heterocycles. The molecule has 2 fully saturated rings. The van der Waals surface area contributed by atoms with Crippen molar-refractivity contribution in [2.24, 2.45) is 0 Å². The molecule has 0 spiro atoms. The summed E-state index contributed by atoms with van der Waals surface area (Å²) in [6.07, 6.45) is 6.53. The molecule has 0 saturated carbocycles. The van der Waals surface area contributed by atoms with E-state index < -0.39 is 0 Å². The first kappa shape index (κ1) is 27.3. The lowest BCUT2D eigenvalue weighted by atomic mass is 9.94. The second-order valence-corrected chi connectivity index (χ2v) is 11.1. The molecular weight excluding hydrogens is 508 g/mol. The van der Waals surface area contributed by atoms with E-state index in [1.54, 1.807) is 6.20 Å². The number of nitrogens with one attached hydrogen (secondary N) is 1. The highest BCUT2D eigenvalue weighted by Gasteiger charge is 2.28. The highest BCUT2D eigenvalue weighted by Crippen LogP contribution is 2.32. The number of aromatic nitrogens is 2. The molecule has 8 heteroatoms. The molecule has 39 heavy (non-hydrogen) atoms. The topological polar surface area (TPSA) is 64.6 Å². The number of piperidine rings is 1. The van der Waals surface area contributed by atoms with Crippen LogP contribution in [-0.2, 0) is 6.42 Å². The van der Waals surface area contributed by atoms with Crippen molar-refractivity contribution >= 4 is 34.7 Å². The van der Waals surface area contributed by atoms with Crippen LogP contribution in [0.15, 0.2) is 42.7 Å². The summed E-state index contributed by atoms with van der Waals surface area (Å²) < 4.78 is 0. The Labute approximate surface area is 237 Å². The van der Waals surface area contributed by atoms with Gasteiger partial charge in [-0.1, -0.05) is 24.6 Å². The Morgan fingerprint density at radius 2 is 1.64 bits per heavy atom. The van der Waals surface area contributed by atoms with Gasteiger partial charge >= 0.3 is 0 Å². The van der Waals surface area contributed by atoms with Gasteiger partial charge in [-0.3, -0.25) is 9.78 Å². The summed E-state index contributed by atoms with van der Waals surface area (Å²) in [5.74, 6) is 0.997. The number of halogens is 1. The van der Waals surface area contributed by atoms with E-state index in [-0.39, 0.29) is 5.91 Å². The Kier molecular flexibility index (Phi) is 8.26. The second kappa shape index (κ2) is 11.8. The number of pyridine rings is 2. The Balaban J connectivity index is 1.26. The average Bonchev–Trinajstić information content (AvgIpc) is 2.96. The van der Waals surface area contributed by atoms with Crippen LogP contribution in [0, 0.1) is 20.8 Å². The maximum Gasteiger partial charge on any atom is 0.254 e. The first-order chi connectivity index (χ1) is 18.9. The molecule has 2 saturated heterocycles. The van der Waals surface area contributed by atoms with Gasteiger partial charge in [0.15, 0.2) is 0 Å². The molecule has 0 bridgehead atoms. The minimum atomic E-state index is 0.134. The summed E-state index contributed by atoms with van der Waals surface area (Å²) in [6.45, 7) is 13.3. The van der Waals surface area contributed by atoms with Crippen LogP contribution in [0.5, 0.6) is 0 Å². The van der Waals surface area contributed by atoms with Crippen molar-refractivity contribution in [1.29, 1.82) is 0 Å². The van der Waals surface area contributed by atoms with Crippen molar-refractivity contribution < 1.29 is 4.79 Å². The monoisotopic (exact) mass is 546 g/mol. The van der Waals surface area contributed by atoms with Crippen LogP contribution in [0.4, 0.5) is 17.2 Å². The highest BCUT2D eigenvalue weighted by atomic mass is 35.5. The number of aryl methyl sites for hydroxylation is 3. The SMILES string of the molecule is CCc1ncccc1N1CCN(C(=O)c2c(C)cc(C)c(NC3CCN(c4ncccc4Cl)CC3)c2C)CC1. The number of carbonyl (C=O) groups is 1. The van der Waals surface area contributed by atoms with Gasteiger partial charge in [0.1, 0.15) is 5.82 Å². The highest BCUT2D eigenvalue weighted by molar-refractivity contribution is 6.32. The van der Waals surface area contributed by atoms with E-state index in [0.29, 0.717) is 24.2 Å². The number of anilines is 3. The number of hydrogen-bond donors (Lipinski definition) is 1. The number of amides is 1. The van der Waals surface area contributed by atoms with Crippen LogP contribution >= 0.6 is 11.6 Å². The molecule has 0 atom stereocenters. The molecule has 1 N–H and O–H groups in total. The molecule has 5 rings (SSSR count). The zero-order valence-electron chi connectivity index (χ0n) is 23.5. The van der Waals surface area contributed by atoms with Crippen molar-refractivity contribution in [3.05, 3.63) is 75.7 Å². The Morgan fingerprint density at radius 3 is 2.33 bits per heavy atom. The van der Waals surface area contributed by atoms with Crippen LogP contribution in [0.1, 0.15) is 52.5 Å². The molecule has 2 aliphatic heterocycles. The summed E-state index contributed by atoms with van der Waals surface area (Å²) in [5.41, 5.74) is 7.53. The Morgan fingerprint density at radius 1 is 0.949 bits per heavy atom. The average molecular weight is 547 g/mol. The van der Waals surface area contributed by atoms with E-state index in [1.807, 2.05) is 29.3 Å².